The van der Waals surface area contributed by atoms with E-state index in [0.717, 1.165) is 27.8 Å². The number of nitrogens with zero attached hydrogens (tertiary/aromatic N) is 2. The predicted molar refractivity (Wildman–Crippen MR) is 184 cm³/mol. The lowest BCUT2D eigenvalue weighted by atomic mass is 9.77. The molecule has 0 bridgehead atoms. The van der Waals surface area contributed by atoms with E-state index in [9.17, 15) is 9.59 Å². The SMILES string of the molecule is CC(=O)O/N=C(/C(=O)OC(c1ccccc1)c1ccccc1)c1csc(NC(c2ccccc2)(c2ccccc2)c2ccccc2)n1. The monoisotopic (exact) mass is 637 g/mol. The maximum absolute atomic E-state index is 13.9. The third-order valence-corrected chi connectivity index (χ3v) is 8.31. The van der Waals surface area contributed by atoms with Crippen molar-refractivity contribution in [1.29, 1.82) is 0 Å². The summed E-state index contributed by atoms with van der Waals surface area (Å²) in [6.45, 7) is 1.21. The van der Waals surface area contributed by atoms with Gasteiger partial charge in [0, 0.05) is 12.3 Å². The average Bonchev–Trinajstić information content (AvgIpc) is 3.59. The second-order valence-corrected chi connectivity index (χ2v) is 11.5. The zero-order valence-electron chi connectivity index (χ0n) is 25.5. The van der Waals surface area contributed by atoms with Crippen LogP contribution in [-0.2, 0) is 24.7 Å². The van der Waals surface area contributed by atoms with Crippen molar-refractivity contribution >= 4 is 34.1 Å². The first-order valence-electron chi connectivity index (χ1n) is 15.0. The topological polar surface area (TPSA) is 89.9 Å². The number of ether oxygens (including phenoxy) is 1. The van der Waals surface area contributed by atoms with E-state index in [1.807, 2.05) is 115 Å². The number of nitrogens with one attached hydrogen (secondary N) is 1. The highest BCUT2D eigenvalue weighted by Gasteiger charge is 2.37. The predicted octanol–water partition coefficient (Wildman–Crippen LogP) is 8.15. The molecule has 0 amide bonds. The Labute approximate surface area is 277 Å². The Hall–Kier alpha value is -5.86. The molecule has 0 unspecified atom stereocenters. The van der Waals surface area contributed by atoms with Gasteiger partial charge < -0.3 is 14.9 Å². The maximum Gasteiger partial charge on any atom is 0.363 e. The summed E-state index contributed by atoms with van der Waals surface area (Å²) >= 11 is 1.30. The molecule has 6 aromatic rings. The van der Waals surface area contributed by atoms with Crippen molar-refractivity contribution in [3.63, 3.8) is 0 Å². The molecule has 1 N–H and O–H groups in total. The van der Waals surface area contributed by atoms with Gasteiger partial charge in [-0.05, 0) is 27.8 Å². The van der Waals surface area contributed by atoms with E-state index in [4.69, 9.17) is 14.6 Å². The number of rotatable bonds is 11. The molecule has 0 aliphatic carbocycles. The first kappa shape index (κ1) is 31.1. The van der Waals surface area contributed by atoms with Crippen LogP contribution in [0.4, 0.5) is 5.13 Å². The third kappa shape index (κ3) is 7.03. The lowest BCUT2D eigenvalue weighted by molar-refractivity contribution is -0.141. The largest absolute Gasteiger partial charge is 0.448 e. The minimum Gasteiger partial charge on any atom is -0.448 e. The molecule has 0 saturated carbocycles. The molecule has 0 fully saturated rings. The van der Waals surface area contributed by atoms with Gasteiger partial charge in [-0.25, -0.2) is 14.6 Å². The van der Waals surface area contributed by atoms with Gasteiger partial charge in [0.2, 0.25) is 5.71 Å². The highest BCUT2D eigenvalue weighted by Crippen LogP contribution is 2.40. The number of esters is 1. The molecule has 5 aromatic carbocycles. The molecule has 0 spiro atoms. The first-order chi connectivity index (χ1) is 23.0. The standard InChI is InChI=1S/C39H31N3O4S/c1-28(43)46-42-35(37(44)45-36(29-17-7-2-8-18-29)30-19-9-3-10-20-30)34-27-47-38(40-34)41-39(31-21-11-4-12-22-31,32-23-13-5-14-24-32)33-25-15-6-16-26-33/h2-27,36H,1H3,(H,40,41)/b42-35+. The minimum absolute atomic E-state index is 0.201. The van der Waals surface area contributed by atoms with Gasteiger partial charge in [-0.1, -0.05) is 157 Å². The van der Waals surface area contributed by atoms with Crippen LogP contribution in [0.2, 0.25) is 0 Å². The molecule has 0 atom stereocenters. The highest BCUT2D eigenvalue weighted by molar-refractivity contribution is 7.14. The summed E-state index contributed by atoms with van der Waals surface area (Å²) in [6, 6.07) is 49.2. The van der Waals surface area contributed by atoms with E-state index in [-0.39, 0.29) is 11.4 Å². The second-order valence-electron chi connectivity index (χ2n) is 10.6. The van der Waals surface area contributed by atoms with Crippen LogP contribution in [-0.4, -0.2) is 22.6 Å². The van der Waals surface area contributed by atoms with Crippen LogP contribution in [0.15, 0.2) is 162 Å². The van der Waals surface area contributed by atoms with E-state index in [0.29, 0.717) is 5.13 Å². The van der Waals surface area contributed by atoms with Gasteiger partial charge in [-0.15, -0.1) is 11.3 Å². The third-order valence-electron chi connectivity index (χ3n) is 7.55. The molecular weight excluding hydrogens is 607 g/mol. The van der Waals surface area contributed by atoms with E-state index >= 15 is 0 Å². The number of anilines is 1. The van der Waals surface area contributed by atoms with Crippen molar-refractivity contribution in [2.24, 2.45) is 5.16 Å². The molecule has 1 aromatic heterocycles. The van der Waals surface area contributed by atoms with Crippen molar-refractivity contribution in [2.45, 2.75) is 18.6 Å². The van der Waals surface area contributed by atoms with Gasteiger partial charge in [-0.3, -0.25) is 0 Å². The Kier molecular flexibility index (Phi) is 9.60. The number of benzene rings is 5. The van der Waals surface area contributed by atoms with Crippen LogP contribution in [0.1, 0.15) is 46.5 Å². The van der Waals surface area contributed by atoms with E-state index in [2.05, 4.69) is 46.9 Å². The Morgan fingerprint density at radius 2 is 1.11 bits per heavy atom. The lowest BCUT2D eigenvalue weighted by Gasteiger charge is -2.36. The fourth-order valence-corrected chi connectivity index (χ4v) is 6.18. The second kappa shape index (κ2) is 14.5. The van der Waals surface area contributed by atoms with Crippen LogP contribution >= 0.6 is 11.3 Å². The van der Waals surface area contributed by atoms with Crippen LogP contribution in [0.5, 0.6) is 0 Å². The van der Waals surface area contributed by atoms with Gasteiger partial charge in [0.15, 0.2) is 11.2 Å². The van der Waals surface area contributed by atoms with Gasteiger partial charge in [0.25, 0.3) is 0 Å². The normalized spacial score (nSPS) is 11.6. The molecule has 1 heterocycles. The minimum atomic E-state index is -0.835. The quantitative estimate of drug-likeness (QED) is 0.0507. The molecular formula is C39H31N3O4S. The molecule has 47 heavy (non-hydrogen) atoms. The average molecular weight is 638 g/mol. The first-order valence-corrected chi connectivity index (χ1v) is 15.9. The van der Waals surface area contributed by atoms with Crippen LogP contribution < -0.4 is 5.32 Å². The number of hydrogen-bond acceptors (Lipinski definition) is 8. The lowest BCUT2D eigenvalue weighted by Crippen LogP contribution is -2.38. The maximum atomic E-state index is 13.9. The molecule has 232 valence electrons. The van der Waals surface area contributed by atoms with Gasteiger partial charge in [0.1, 0.15) is 11.2 Å². The van der Waals surface area contributed by atoms with E-state index in [1.165, 1.54) is 18.3 Å². The zero-order chi connectivity index (χ0) is 32.5. The zero-order valence-corrected chi connectivity index (χ0v) is 26.3. The summed E-state index contributed by atoms with van der Waals surface area (Å²) in [5, 5.41) is 9.84. The number of carbonyl (C=O) groups is 2. The molecule has 0 saturated heterocycles. The summed E-state index contributed by atoms with van der Waals surface area (Å²) in [5.74, 6) is -1.47. The van der Waals surface area contributed by atoms with Gasteiger partial charge in [-0.2, -0.15) is 0 Å². The number of thiazole rings is 1. The summed E-state index contributed by atoms with van der Waals surface area (Å²) < 4.78 is 6.07. The number of carbonyl (C=O) groups excluding carboxylic acids is 2. The van der Waals surface area contributed by atoms with Crippen molar-refractivity contribution in [3.05, 3.63) is 191 Å². The van der Waals surface area contributed by atoms with Crippen molar-refractivity contribution < 1.29 is 19.2 Å². The van der Waals surface area contributed by atoms with Crippen LogP contribution in [0, 0.1) is 0 Å². The smallest absolute Gasteiger partial charge is 0.363 e. The Balaban J connectivity index is 1.40. The molecule has 7 nitrogen and oxygen atoms in total. The Bertz CT molecular complexity index is 1810. The molecule has 0 aliphatic heterocycles. The van der Waals surface area contributed by atoms with Crippen molar-refractivity contribution in [2.75, 3.05) is 5.32 Å². The number of oxime groups is 1. The number of aromatic nitrogens is 1. The number of hydrogen-bond donors (Lipinski definition) is 1. The fraction of sp³-hybridized carbons (Fsp3) is 0.0769. The van der Waals surface area contributed by atoms with Gasteiger partial charge in [0.05, 0.1) is 0 Å². The van der Waals surface area contributed by atoms with E-state index in [1.54, 1.807) is 5.38 Å². The summed E-state index contributed by atoms with van der Waals surface area (Å²) in [7, 11) is 0. The van der Waals surface area contributed by atoms with Crippen LogP contribution in [0.25, 0.3) is 0 Å². The molecule has 6 rings (SSSR count). The summed E-state index contributed by atoms with van der Waals surface area (Å²) in [5.41, 5.74) is 3.68. The summed E-state index contributed by atoms with van der Waals surface area (Å²) in [4.78, 5) is 35.5. The Morgan fingerprint density at radius 1 is 0.681 bits per heavy atom. The fourth-order valence-electron chi connectivity index (χ4n) is 5.43. The molecule has 8 heteroatoms. The highest BCUT2D eigenvalue weighted by atomic mass is 32.1. The van der Waals surface area contributed by atoms with Crippen molar-refractivity contribution in [1.82, 2.24) is 4.98 Å². The Morgan fingerprint density at radius 3 is 1.53 bits per heavy atom. The van der Waals surface area contributed by atoms with Gasteiger partial charge >= 0.3 is 11.9 Å². The van der Waals surface area contributed by atoms with Crippen molar-refractivity contribution in [3.8, 4) is 0 Å². The summed E-state index contributed by atoms with van der Waals surface area (Å²) in [6.07, 6.45) is -0.731. The van der Waals surface area contributed by atoms with Crippen LogP contribution in [0.3, 0.4) is 0 Å². The van der Waals surface area contributed by atoms with E-state index < -0.39 is 23.6 Å². The molecule has 0 aliphatic rings. The molecule has 0 radical (unpaired) electrons.